The molecular formula is C20H21FN4O3. The van der Waals surface area contributed by atoms with Crippen molar-refractivity contribution in [2.75, 3.05) is 45.3 Å². The van der Waals surface area contributed by atoms with Crippen molar-refractivity contribution in [2.45, 2.75) is 0 Å². The van der Waals surface area contributed by atoms with Crippen molar-refractivity contribution in [3.8, 4) is 22.8 Å². The molecule has 0 amide bonds. The predicted octanol–water partition coefficient (Wildman–Crippen LogP) is 1.93. The van der Waals surface area contributed by atoms with Crippen LogP contribution in [0.15, 0.2) is 41.3 Å². The Balaban J connectivity index is 1.79. The van der Waals surface area contributed by atoms with Gasteiger partial charge in [-0.05, 0) is 18.2 Å². The number of hydrogen-bond acceptors (Lipinski definition) is 6. The molecule has 0 saturated carbocycles. The van der Waals surface area contributed by atoms with Gasteiger partial charge in [-0.2, -0.15) is 0 Å². The number of fused-ring (bicyclic) bond motifs is 1. The molecule has 3 aromatic rings. The van der Waals surface area contributed by atoms with Crippen LogP contribution >= 0.6 is 0 Å². The van der Waals surface area contributed by atoms with E-state index in [1.54, 1.807) is 12.3 Å². The number of benzene rings is 1. The summed E-state index contributed by atoms with van der Waals surface area (Å²) in [5.74, 6) is 0.114. The summed E-state index contributed by atoms with van der Waals surface area (Å²) in [6.45, 7) is 3.57. The van der Waals surface area contributed by atoms with Crippen molar-refractivity contribution in [1.29, 1.82) is 0 Å². The molecule has 7 nitrogen and oxygen atoms in total. The number of pyridine rings is 1. The SMILES string of the molecule is COc1cc(F)c(-c2cc(=O)n3cc(N4CCNCC4)ccc3n2)cc1OC. The van der Waals surface area contributed by atoms with Crippen LogP contribution in [0.1, 0.15) is 0 Å². The minimum absolute atomic E-state index is 0.184. The third kappa shape index (κ3) is 3.27. The summed E-state index contributed by atoms with van der Waals surface area (Å²) < 4.78 is 26.4. The first-order chi connectivity index (χ1) is 13.6. The standard InChI is InChI=1S/C20H21FN4O3/c1-27-17-9-14(15(21)10-18(17)28-2)16-11-20(26)25-12-13(3-4-19(25)23-16)24-7-5-22-6-8-24/h3-4,9-12,22H,5-8H2,1-2H3. The van der Waals surface area contributed by atoms with E-state index in [4.69, 9.17) is 9.47 Å². The summed E-state index contributed by atoms with van der Waals surface area (Å²) in [4.78, 5) is 19.4. The maximum atomic E-state index is 14.6. The maximum absolute atomic E-state index is 14.6. The number of aromatic nitrogens is 2. The first-order valence-electron chi connectivity index (χ1n) is 9.02. The molecule has 0 radical (unpaired) electrons. The second kappa shape index (κ2) is 7.47. The van der Waals surface area contributed by atoms with Crippen molar-refractivity contribution in [3.05, 3.63) is 52.7 Å². The number of anilines is 1. The lowest BCUT2D eigenvalue weighted by molar-refractivity contribution is 0.352. The van der Waals surface area contributed by atoms with Crippen molar-refractivity contribution < 1.29 is 13.9 Å². The lowest BCUT2D eigenvalue weighted by atomic mass is 10.1. The van der Waals surface area contributed by atoms with E-state index in [1.165, 1.54) is 36.8 Å². The van der Waals surface area contributed by atoms with Gasteiger partial charge in [0.2, 0.25) is 0 Å². The first-order valence-corrected chi connectivity index (χ1v) is 9.02. The third-order valence-corrected chi connectivity index (χ3v) is 4.88. The summed E-state index contributed by atoms with van der Waals surface area (Å²) in [6, 6.07) is 7.76. The number of rotatable bonds is 4. The van der Waals surface area contributed by atoms with Gasteiger partial charge in [0.25, 0.3) is 5.56 Å². The summed E-state index contributed by atoms with van der Waals surface area (Å²) in [5.41, 5.74) is 1.58. The number of methoxy groups -OCH3 is 2. The number of halogens is 1. The van der Waals surface area contributed by atoms with Crippen molar-refractivity contribution in [2.24, 2.45) is 0 Å². The molecule has 4 rings (SSSR count). The third-order valence-electron chi connectivity index (χ3n) is 4.88. The Hall–Kier alpha value is -3.13. The Morgan fingerprint density at radius 3 is 2.50 bits per heavy atom. The molecule has 0 bridgehead atoms. The first kappa shape index (κ1) is 18.2. The van der Waals surface area contributed by atoms with E-state index in [2.05, 4.69) is 15.2 Å². The molecule has 1 aliphatic rings. The number of piperazine rings is 1. The van der Waals surface area contributed by atoms with Gasteiger partial charge < -0.3 is 19.7 Å². The van der Waals surface area contributed by atoms with Crippen LogP contribution in [0.5, 0.6) is 11.5 Å². The Morgan fingerprint density at radius 1 is 1.07 bits per heavy atom. The van der Waals surface area contributed by atoms with Crippen LogP contribution < -0.4 is 25.2 Å². The quantitative estimate of drug-likeness (QED) is 0.741. The van der Waals surface area contributed by atoms with Gasteiger partial charge in [-0.15, -0.1) is 0 Å². The highest BCUT2D eigenvalue weighted by atomic mass is 19.1. The molecule has 0 atom stereocenters. The number of hydrogen-bond donors (Lipinski definition) is 1. The molecule has 1 fully saturated rings. The fraction of sp³-hybridized carbons (Fsp3) is 0.300. The van der Waals surface area contributed by atoms with Gasteiger partial charge in [0.05, 0.1) is 25.6 Å². The maximum Gasteiger partial charge on any atom is 0.258 e. The summed E-state index contributed by atoms with van der Waals surface area (Å²) in [7, 11) is 2.91. The molecule has 2 aromatic heterocycles. The topological polar surface area (TPSA) is 68.1 Å². The minimum Gasteiger partial charge on any atom is -0.493 e. The van der Waals surface area contributed by atoms with Gasteiger partial charge >= 0.3 is 0 Å². The molecular weight excluding hydrogens is 363 g/mol. The van der Waals surface area contributed by atoms with Crippen molar-refractivity contribution in [1.82, 2.24) is 14.7 Å². The monoisotopic (exact) mass is 384 g/mol. The van der Waals surface area contributed by atoms with E-state index >= 15 is 0 Å². The Labute approximate surface area is 161 Å². The Bertz CT molecular complexity index is 1080. The van der Waals surface area contributed by atoms with Crippen molar-refractivity contribution >= 4 is 11.3 Å². The highest BCUT2D eigenvalue weighted by molar-refractivity contribution is 5.67. The highest BCUT2D eigenvalue weighted by Crippen LogP contribution is 2.34. The van der Waals surface area contributed by atoms with E-state index in [-0.39, 0.29) is 22.6 Å². The zero-order valence-electron chi connectivity index (χ0n) is 15.7. The van der Waals surface area contributed by atoms with Gasteiger partial charge in [0.15, 0.2) is 11.5 Å². The smallest absolute Gasteiger partial charge is 0.258 e. The minimum atomic E-state index is -0.536. The van der Waals surface area contributed by atoms with Gasteiger partial charge in [-0.25, -0.2) is 9.37 Å². The van der Waals surface area contributed by atoms with Crippen LogP contribution in [0.4, 0.5) is 10.1 Å². The van der Waals surface area contributed by atoms with Gasteiger partial charge in [-0.3, -0.25) is 9.20 Å². The second-order valence-electron chi connectivity index (χ2n) is 6.52. The van der Waals surface area contributed by atoms with Crippen molar-refractivity contribution in [3.63, 3.8) is 0 Å². The lowest BCUT2D eigenvalue weighted by Crippen LogP contribution is -2.43. The molecule has 1 N–H and O–H groups in total. The zero-order valence-corrected chi connectivity index (χ0v) is 15.7. The molecule has 0 spiro atoms. The van der Waals surface area contributed by atoms with Gasteiger partial charge in [0.1, 0.15) is 11.5 Å². The zero-order chi connectivity index (χ0) is 19.7. The summed E-state index contributed by atoms with van der Waals surface area (Å²) in [6.07, 6.45) is 1.78. The molecule has 1 saturated heterocycles. The van der Waals surface area contributed by atoms with E-state index in [0.29, 0.717) is 11.4 Å². The average molecular weight is 384 g/mol. The normalized spacial score (nSPS) is 14.3. The molecule has 8 heteroatoms. The summed E-state index contributed by atoms with van der Waals surface area (Å²) in [5, 5.41) is 3.30. The van der Waals surface area contributed by atoms with Gasteiger partial charge in [-0.1, -0.05) is 0 Å². The number of nitrogens with zero attached hydrogens (tertiary/aromatic N) is 3. The van der Waals surface area contributed by atoms with E-state index < -0.39 is 5.82 Å². The van der Waals surface area contributed by atoms with Crippen LogP contribution in [-0.2, 0) is 0 Å². The fourth-order valence-electron chi connectivity index (χ4n) is 3.39. The van der Waals surface area contributed by atoms with Crippen LogP contribution in [0, 0.1) is 5.82 Å². The lowest BCUT2D eigenvalue weighted by Gasteiger charge is -2.29. The average Bonchev–Trinajstić information content (AvgIpc) is 2.73. The molecule has 1 aromatic carbocycles. The number of nitrogens with one attached hydrogen (secondary N) is 1. The highest BCUT2D eigenvalue weighted by Gasteiger charge is 2.16. The molecule has 3 heterocycles. The molecule has 0 aliphatic carbocycles. The molecule has 1 aliphatic heterocycles. The van der Waals surface area contributed by atoms with E-state index in [9.17, 15) is 9.18 Å². The Morgan fingerprint density at radius 2 is 1.79 bits per heavy atom. The van der Waals surface area contributed by atoms with Crippen LogP contribution in [0.25, 0.3) is 16.9 Å². The molecule has 146 valence electrons. The fourth-order valence-corrected chi connectivity index (χ4v) is 3.39. The van der Waals surface area contributed by atoms with Gasteiger partial charge in [0, 0.05) is 50.1 Å². The van der Waals surface area contributed by atoms with Crippen LogP contribution in [0.3, 0.4) is 0 Å². The summed E-state index contributed by atoms with van der Waals surface area (Å²) >= 11 is 0. The Kier molecular flexibility index (Phi) is 4.87. The van der Waals surface area contributed by atoms with E-state index in [1.807, 2.05) is 6.07 Å². The largest absolute Gasteiger partial charge is 0.493 e. The molecule has 28 heavy (non-hydrogen) atoms. The molecule has 0 unspecified atom stereocenters. The van der Waals surface area contributed by atoms with E-state index in [0.717, 1.165) is 31.9 Å². The van der Waals surface area contributed by atoms with Crippen LogP contribution in [0.2, 0.25) is 0 Å². The number of ether oxygens (including phenoxy) is 2. The second-order valence-corrected chi connectivity index (χ2v) is 6.52. The predicted molar refractivity (Wildman–Crippen MR) is 105 cm³/mol. The van der Waals surface area contributed by atoms with Crippen LogP contribution in [-0.4, -0.2) is 49.8 Å².